The molecule has 0 radical (unpaired) electrons. The fourth-order valence-corrected chi connectivity index (χ4v) is 4.98. The lowest BCUT2D eigenvalue weighted by molar-refractivity contribution is -0.149. The predicted octanol–water partition coefficient (Wildman–Crippen LogP) is 1.55. The summed E-state index contributed by atoms with van der Waals surface area (Å²) in [5, 5.41) is 9.49. The standard InChI is InChI=1S/C22H30N2O5/c1-28-18-4-2-3-17(13-18)21(26)23-7-5-16(6-8-23)22(27)24-9-10-29-20-12-15(14-25)11-19(20)24/h2-4,13,15-16,19-20,25H,5-12,14H2,1H3/t15-,19+,20+/m1/s1. The number of nitrogens with zero attached hydrogens (tertiary/aromatic N) is 2. The van der Waals surface area contributed by atoms with E-state index in [9.17, 15) is 14.7 Å². The van der Waals surface area contributed by atoms with E-state index < -0.39 is 0 Å². The van der Waals surface area contributed by atoms with E-state index in [0.717, 1.165) is 12.8 Å². The first-order chi connectivity index (χ1) is 14.1. The first kappa shape index (κ1) is 20.2. The molecule has 1 aromatic carbocycles. The molecule has 1 aliphatic carbocycles. The zero-order valence-electron chi connectivity index (χ0n) is 17.0. The van der Waals surface area contributed by atoms with Crippen molar-refractivity contribution in [3.8, 4) is 5.75 Å². The van der Waals surface area contributed by atoms with Gasteiger partial charge in [0, 0.05) is 37.7 Å². The number of fused-ring (bicyclic) bond motifs is 1. The van der Waals surface area contributed by atoms with Crippen molar-refractivity contribution < 1.29 is 24.2 Å². The van der Waals surface area contributed by atoms with E-state index in [1.54, 1.807) is 19.2 Å². The van der Waals surface area contributed by atoms with E-state index in [1.807, 2.05) is 21.9 Å². The van der Waals surface area contributed by atoms with Gasteiger partial charge in [-0.3, -0.25) is 9.59 Å². The molecule has 7 heteroatoms. The third-order valence-corrected chi connectivity index (χ3v) is 6.62. The molecule has 2 amide bonds. The van der Waals surface area contributed by atoms with Crippen LogP contribution in [0.5, 0.6) is 5.75 Å². The third-order valence-electron chi connectivity index (χ3n) is 6.62. The van der Waals surface area contributed by atoms with E-state index >= 15 is 0 Å². The molecule has 1 aromatic rings. The van der Waals surface area contributed by atoms with E-state index in [4.69, 9.17) is 9.47 Å². The zero-order valence-corrected chi connectivity index (χ0v) is 17.0. The summed E-state index contributed by atoms with van der Waals surface area (Å²) < 4.78 is 11.1. The molecule has 0 bridgehead atoms. The Bertz CT molecular complexity index is 746. The minimum absolute atomic E-state index is 0.0113. The Morgan fingerprint density at radius 3 is 2.72 bits per heavy atom. The Labute approximate surface area is 171 Å². The van der Waals surface area contributed by atoms with E-state index in [0.29, 0.717) is 50.4 Å². The van der Waals surface area contributed by atoms with Gasteiger partial charge < -0.3 is 24.4 Å². The summed E-state index contributed by atoms with van der Waals surface area (Å²) in [4.78, 5) is 29.8. The number of aliphatic hydroxyl groups is 1. The molecule has 0 aromatic heterocycles. The lowest BCUT2D eigenvalue weighted by Crippen LogP contribution is -2.54. The zero-order chi connectivity index (χ0) is 20.4. The maximum absolute atomic E-state index is 13.2. The molecule has 158 valence electrons. The molecule has 1 N–H and O–H groups in total. The highest BCUT2D eigenvalue weighted by Gasteiger charge is 2.44. The van der Waals surface area contributed by atoms with Crippen molar-refractivity contribution in [2.45, 2.75) is 37.8 Å². The lowest BCUT2D eigenvalue weighted by Gasteiger charge is -2.41. The third kappa shape index (κ3) is 4.12. The summed E-state index contributed by atoms with van der Waals surface area (Å²) in [6.45, 7) is 2.52. The molecule has 2 saturated heterocycles. The Balaban J connectivity index is 1.35. The number of benzene rings is 1. The molecule has 4 rings (SSSR count). The van der Waals surface area contributed by atoms with Crippen molar-refractivity contribution in [1.82, 2.24) is 9.80 Å². The number of piperidine rings is 1. The van der Waals surface area contributed by atoms with Crippen molar-refractivity contribution in [3.63, 3.8) is 0 Å². The van der Waals surface area contributed by atoms with Crippen LogP contribution in [-0.2, 0) is 9.53 Å². The highest BCUT2D eigenvalue weighted by atomic mass is 16.5. The second kappa shape index (κ2) is 8.71. The minimum Gasteiger partial charge on any atom is -0.497 e. The SMILES string of the molecule is COc1cccc(C(=O)N2CCC(C(=O)N3CCO[C@H]4C[C@H](CO)C[C@@H]43)CC2)c1. The Kier molecular flexibility index (Phi) is 6.06. The summed E-state index contributed by atoms with van der Waals surface area (Å²) in [6.07, 6.45) is 3.08. The molecule has 1 saturated carbocycles. The van der Waals surface area contributed by atoms with Crippen molar-refractivity contribution in [1.29, 1.82) is 0 Å². The average molecular weight is 402 g/mol. The summed E-state index contributed by atoms with van der Waals surface area (Å²) in [5.41, 5.74) is 0.617. The highest BCUT2D eigenvalue weighted by Crippen LogP contribution is 2.35. The van der Waals surface area contributed by atoms with Gasteiger partial charge >= 0.3 is 0 Å². The van der Waals surface area contributed by atoms with Crippen LogP contribution >= 0.6 is 0 Å². The Morgan fingerprint density at radius 2 is 2.00 bits per heavy atom. The number of carbonyl (C=O) groups excluding carboxylic acids is 2. The summed E-state index contributed by atoms with van der Waals surface area (Å²) in [7, 11) is 1.59. The summed E-state index contributed by atoms with van der Waals surface area (Å²) in [5.74, 6) is 1.02. The Hall–Kier alpha value is -2.12. The topological polar surface area (TPSA) is 79.3 Å². The van der Waals surface area contributed by atoms with Crippen molar-refractivity contribution in [3.05, 3.63) is 29.8 Å². The second-order valence-electron chi connectivity index (χ2n) is 8.33. The number of ether oxygens (including phenoxy) is 2. The van der Waals surface area contributed by atoms with Gasteiger partial charge in [-0.2, -0.15) is 0 Å². The van der Waals surface area contributed by atoms with E-state index in [1.165, 1.54) is 0 Å². The minimum atomic E-state index is -0.0451. The van der Waals surface area contributed by atoms with Gasteiger partial charge in [-0.15, -0.1) is 0 Å². The molecule has 0 spiro atoms. The van der Waals surface area contributed by atoms with E-state index in [-0.39, 0.29) is 42.4 Å². The van der Waals surface area contributed by atoms with Crippen LogP contribution in [0.25, 0.3) is 0 Å². The number of amides is 2. The fourth-order valence-electron chi connectivity index (χ4n) is 4.98. The molecule has 3 fully saturated rings. The highest BCUT2D eigenvalue weighted by molar-refractivity contribution is 5.94. The normalized spacial score (nSPS) is 27.6. The molecule has 3 atom stereocenters. The maximum Gasteiger partial charge on any atom is 0.253 e. The maximum atomic E-state index is 13.2. The molecule has 29 heavy (non-hydrogen) atoms. The van der Waals surface area contributed by atoms with Crippen molar-refractivity contribution in [2.24, 2.45) is 11.8 Å². The van der Waals surface area contributed by atoms with Gasteiger partial charge in [0.05, 0.1) is 25.9 Å². The largest absolute Gasteiger partial charge is 0.497 e. The van der Waals surface area contributed by atoms with Crippen LogP contribution in [-0.4, -0.2) is 78.8 Å². The van der Waals surface area contributed by atoms with Crippen LogP contribution in [0.3, 0.4) is 0 Å². The van der Waals surface area contributed by atoms with Gasteiger partial charge in [-0.1, -0.05) is 6.07 Å². The van der Waals surface area contributed by atoms with Crippen LogP contribution in [0.4, 0.5) is 0 Å². The fraction of sp³-hybridized carbons (Fsp3) is 0.636. The number of carbonyl (C=O) groups is 2. The quantitative estimate of drug-likeness (QED) is 0.827. The van der Waals surface area contributed by atoms with Crippen LogP contribution in [0.1, 0.15) is 36.0 Å². The molecule has 2 aliphatic heterocycles. The number of rotatable bonds is 4. The first-order valence-corrected chi connectivity index (χ1v) is 10.6. The molecule has 2 heterocycles. The number of morpholine rings is 1. The van der Waals surface area contributed by atoms with Gasteiger partial charge in [0.25, 0.3) is 5.91 Å². The Morgan fingerprint density at radius 1 is 1.21 bits per heavy atom. The van der Waals surface area contributed by atoms with Gasteiger partial charge in [-0.05, 0) is 49.8 Å². The predicted molar refractivity (Wildman–Crippen MR) is 107 cm³/mol. The smallest absolute Gasteiger partial charge is 0.253 e. The summed E-state index contributed by atoms with van der Waals surface area (Å²) >= 11 is 0. The van der Waals surface area contributed by atoms with Crippen LogP contribution in [0.2, 0.25) is 0 Å². The van der Waals surface area contributed by atoms with Gasteiger partial charge in [0.15, 0.2) is 0 Å². The average Bonchev–Trinajstić information content (AvgIpc) is 3.22. The van der Waals surface area contributed by atoms with Crippen LogP contribution in [0.15, 0.2) is 24.3 Å². The molecular formula is C22H30N2O5. The van der Waals surface area contributed by atoms with Crippen LogP contribution < -0.4 is 4.74 Å². The van der Waals surface area contributed by atoms with Gasteiger partial charge in [-0.25, -0.2) is 0 Å². The number of hydrogen-bond acceptors (Lipinski definition) is 5. The monoisotopic (exact) mass is 402 g/mol. The number of aliphatic hydroxyl groups excluding tert-OH is 1. The number of likely N-dealkylation sites (tertiary alicyclic amines) is 1. The molecule has 7 nitrogen and oxygen atoms in total. The van der Waals surface area contributed by atoms with Gasteiger partial charge in [0.1, 0.15) is 5.75 Å². The number of hydrogen-bond donors (Lipinski definition) is 1. The molecule has 0 unspecified atom stereocenters. The van der Waals surface area contributed by atoms with Crippen LogP contribution in [0, 0.1) is 11.8 Å². The van der Waals surface area contributed by atoms with Gasteiger partial charge in [0.2, 0.25) is 5.91 Å². The second-order valence-corrected chi connectivity index (χ2v) is 8.33. The van der Waals surface area contributed by atoms with Crippen molar-refractivity contribution >= 4 is 11.8 Å². The van der Waals surface area contributed by atoms with Crippen molar-refractivity contribution in [2.75, 3.05) is 40.0 Å². The molecular weight excluding hydrogens is 372 g/mol. The molecule has 3 aliphatic rings. The summed E-state index contributed by atoms with van der Waals surface area (Å²) in [6, 6.07) is 7.28. The lowest BCUT2D eigenvalue weighted by atomic mass is 9.93. The van der Waals surface area contributed by atoms with E-state index in [2.05, 4.69) is 0 Å². The first-order valence-electron chi connectivity index (χ1n) is 10.6. The number of methoxy groups -OCH3 is 1.